The number of benzene rings is 3. The zero-order chi connectivity index (χ0) is 21.0. The van der Waals surface area contributed by atoms with Crippen LogP contribution in [0.15, 0.2) is 78.9 Å². The molecule has 158 valence electrons. The molecule has 0 aliphatic carbocycles. The highest BCUT2D eigenvalue weighted by Crippen LogP contribution is 2.28. The minimum absolute atomic E-state index is 0.150. The van der Waals surface area contributed by atoms with Gasteiger partial charge in [-0.1, -0.05) is 60.7 Å². The van der Waals surface area contributed by atoms with Crippen molar-refractivity contribution in [1.29, 1.82) is 0 Å². The van der Waals surface area contributed by atoms with Crippen LogP contribution in [-0.2, 0) is 19.5 Å². The van der Waals surface area contributed by atoms with Crippen molar-refractivity contribution >= 4 is 11.6 Å². The maximum absolute atomic E-state index is 13.0. The van der Waals surface area contributed by atoms with Crippen molar-refractivity contribution in [3.05, 3.63) is 101 Å². The average molecular weight is 412 g/mol. The lowest BCUT2D eigenvalue weighted by molar-refractivity contribution is 0.0628. The first-order chi connectivity index (χ1) is 15.3. The number of hydrogen-bond donors (Lipinski definition) is 0. The van der Waals surface area contributed by atoms with Gasteiger partial charge in [0.15, 0.2) is 0 Å². The highest BCUT2D eigenvalue weighted by molar-refractivity contribution is 5.94. The standard InChI is InChI=1S/C27H29N3O/c31-27(29-18-16-28(17-19-29)20-22-6-2-1-3-7-22)25-12-10-23(11-13-25)21-30-15-14-24-8-4-5-9-26(24)30/h1-13H,14-21H2. The second-order valence-electron chi connectivity index (χ2n) is 8.55. The first-order valence-corrected chi connectivity index (χ1v) is 11.2. The molecule has 0 bridgehead atoms. The van der Waals surface area contributed by atoms with Crippen LogP contribution in [0.3, 0.4) is 0 Å². The number of hydrogen-bond acceptors (Lipinski definition) is 3. The molecule has 0 N–H and O–H groups in total. The molecule has 0 aromatic heterocycles. The van der Waals surface area contributed by atoms with Crippen LogP contribution in [0.25, 0.3) is 0 Å². The van der Waals surface area contributed by atoms with Gasteiger partial charge in [0.1, 0.15) is 0 Å². The smallest absolute Gasteiger partial charge is 0.253 e. The van der Waals surface area contributed by atoms with Crippen LogP contribution in [0, 0.1) is 0 Å². The summed E-state index contributed by atoms with van der Waals surface area (Å²) < 4.78 is 0. The van der Waals surface area contributed by atoms with Gasteiger partial charge in [-0.25, -0.2) is 0 Å². The molecule has 1 saturated heterocycles. The molecule has 0 radical (unpaired) electrons. The molecule has 0 atom stereocenters. The van der Waals surface area contributed by atoms with Crippen LogP contribution in [-0.4, -0.2) is 48.4 Å². The normalized spacial score (nSPS) is 16.4. The van der Waals surface area contributed by atoms with Gasteiger partial charge < -0.3 is 9.80 Å². The molecule has 4 nitrogen and oxygen atoms in total. The monoisotopic (exact) mass is 411 g/mol. The zero-order valence-corrected chi connectivity index (χ0v) is 17.9. The van der Waals surface area contributed by atoms with E-state index in [0.29, 0.717) is 0 Å². The van der Waals surface area contributed by atoms with Crippen molar-refractivity contribution in [1.82, 2.24) is 9.80 Å². The summed E-state index contributed by atoms with van der Waals surface area (Å²) in [6, 6.07) is 27.4. The fraction of sp³-hybridized carbons (Fsp3) is 0.296. The first kappa shape index (κ1) is 19.8. The molecule has 3 aromatic carbocycles. The molecular weight excluding hydrogens is 382 g/mol. The van der Waals surface area contributed by atoms with Crippen LogP contribution in [0.5, 0.6) is 0 Å². The first-order valence-electron chi connectivity index (χ1n) is 11.2. The van der Waals surface area contributed by atoms with E-state index < -0.39 is 0 Å². The van der Waals surface area contributed by atoms with Gasteiger partial charge in [-0.3, -0.25) is 9.69 Å². The van der Waals surface area contributed by atoms with Gasteiger partial charge in [0.05, 0.1) is 0 Å². The molecule has 2 aliphatic rings. The van der Waals surface area contributed by atoms with Crippen LogP contribution in [0.1, 0.15) is 27.0 Å². The lowest BCUT2D eigenvalue weighted by Gasteiger charge is -2.34. The molecular formula is C27H29N3O. The maximum Gasteiger partial charge on any atom is 0.253 e. The summed E-state index contributed by atoms with van der Waals surface area (Å²) in [5, 5.41) is 0. The van der Waals surface area contributed by atoms with Gasteiger partial charge in [-0.15, -0.1) is 0 Å². The summed E-state index contributed by atoms with van der Waals surface area (Å²) in [6.45, 7) is 6.34. The van der Waals surface area contributed by atoms with E-state index in [0.717, 1.165) is 57.8 Å². The lowest BCUT2D eigenvalue weighted by atomic mass is 10.1. The Hall–Kier alpha value is -3.11. The Labute approximate surface area is 184 Å². The van der Waals surface area contributed by atoms with E-state index in [-0.39, 0.29) is 5.91 Å². The Morgan fingerprint density at radius 3 is 2.13 bits per heavy atom. The van der Waals surface area contributed by atoms with Gasteiger partial charge >= 0.3 is 0 Å². The highest BCUT2D eigenvalue weighted by atomic mass is 16.2. The van der Waals surface area contributed by atoms with Gasteiger partial charge in [-0.2, -0.15) is 0 Å². The molecule has 2 heterocycles. The number of carbonyl (C=O) groups excluding carboxylic acids is 1. The Balaban J connectivity index is 1.16. The third-order valence-electron chi connectivity index (χ3n) is 6.47. The highest BCUT2D eigenvalue weighted by Gasteiger charge is 2.22. The number of fused-ring (bicyclic) bond motifs is 1. The molecule has 3 aromatic rings. The number of amides is 1. The number of para-hydroxylation sites is 1. The van der Waals surface area contributed by atoms with Crippen LogP contribution < -0.4 is 4.90 Å². The Bertz CT molecular complexity index is 1020. The Kier molecular flexibility index (Phi) is 5.72. The van der Waals surface area contributed by atoms with E-state index in [4.69, 9.17) is 0 Å². The summed E-state index contributed by atoms with van der Waals surface area (Å²) in [4.78, 5) is 19.8. The maximum atomic E-state index is 13.0. The summed E-state index contributed by atoms with van der Waals surface area (Å²) >= 11 is 0. The van der Waals surface area contributed by atoms with Gasteiger partial charge in [0.25, 0.3) is 5.91 Å². The van der Waals surface area contributed by atoms with E-state index in [2.05, 4.69) is 76.5 Å². The van der Waals surface area contributed by atoms with Crippen LogP contribution in [0.2, 0.25) is 0 Å². The SMILES string of the molecule is O=C(c1ccc(CN2CCc3ccccc32)cc1)N1CCN(Cc2ccccc2)CC1. The quantitative estimate of drug-likeness (QED) is 0.629. The number of piperazine rings is 1. The summed E-state index contributed by atoms with van der Waals surface area (Å²) in [5.74, 6) is 0.150. The van der Waals surface area contributed by atoms with E-state index in [1.165, 1.54) is 22.4 Å². The third kappa shape index (κ3) is 4.49. The molecule has 4 heteroatoms. The minimum Gasteiger partial charge on any atom is -0.367 e. The van der Waals surface area contributed by atoms with E-state index in [9.17, 15) is 4.79 Å². The molecule has 2 aliphatic heterocycles. The molecule has 1 amide bonds. The third-order valence-corrected chi connectivity index (χ3v) is 6.47. The van der Waals surface area contributed by atoms with Gasteiger partial charge in [0, 0.05) is 57.1 Å². The minimum atomic E-state index is 0.150. The van der Waals surface area contributed by atoms with Crippen LogP contribution in [0.4, 0.5) is 5.69 Å². The number of nitrogens with zero attached hydrogens (tertiary/aromatic N) is 3. The topological polar surface area (TPSA) is 26.8 Å². The van der Waals surface area contributed by atoms with E-state index in [1.807, 2.05) is 17.0 Å². The van der Waals surface area contributed by atoms with Crippen LogP contribution >= 0.6 is 0 Å². The van der Waals surface area contributed by atoms with E-state index in [1.54, 1.807) is 0 Å². The fourth-order valence-electron chi connectivity index (χ4n) is 4.68. The lowest BCUT2D eigenvalue weighted by Crippen LogP contribution is -2.48. The molecule has 0 spiro atoms. The van der Waals surface area contributed by atoms with Crippen molar-refractivity contribution in [3.8, 4) is 0 Å². The second-order valence-corrected chi connectivity index (χ2v) is 8.55. The molecule has 31 heavy (non-hydrogen) atoms. The predicted molar refractivity (Wildman–Crippen MR) is 125 cm³/mol. The summed E-state index contributed by atoms with van der Waals surface area (Å²) in [5.41, 5.74) is 6.15. The fourth-order valence-corrected chi connectivity index (χ4v) is 4.68. The van der Waals surface area contributed by atoms with Crippen molar-refractivity contribution in [3.63, 3.8) is 0 Å². The van der Waals surface area contributed by atoms with Gasteiger partial charge in [0.2, 0.25) is 0 Å². The number of anilines is 1. The average Bonchev–Trinajstić information content (AvgIpc) is 3.23. The molecule has 1 fully saturated rings. The predicted octanol–water partition coefficient (Wildman–Crippen LogP) is 4.21. The largest absolute Gasteiger partial charge is 0.367 e. The van der Waals surface area contributed by atoms with Crippen molar-refractivity contribution in [2.24, 2.45) is 0 Å². The summed E-state index contributed by atoms with van der Waals surface area (Å²) in [6.07, 6.45) is 1.11. The number of carbonyl (C=O) groups is 1. The molecule has 0 unspecified atom stereocenters. The Morgan fingerprint density at radius 2 is 1.35 bits per heavy atom. The second kappa shape index (κ2) is 8.94. The van der Waals surface area contributed by atoms with Crippen molar-refractivity contribution < 1.29 is 4.79 Å². The molecule has 0 saturated carbocycles. The van der Waals surface area contributed by atoms with E-state index >= 15 is 0 Å². The van der Waals surface area contributed by atoms with Crippen molar-refractivity contribution in [2.75, 3.05) is 37.6 Å². The molecule has 5 rings (SSSR count). The van der Waals surface area contributed by atoms with Crippen molar-refractivity contribution in [2.45, 2.75) is 19.5 Å². The Morgan fingerprint density at radius 1 is 0.677 bits per heavy atom. The summed E-state index contributed by atoms with van der Waals surface area (Å²) in [7, 11) is 0. The zero-order valence-electron chi connectivity index (χ0n) is 17.9. The number of rotatable bonds is 5. The van der Waals surface area contributed by atoms with Gasteiger partial charge in [-0.05, 0) is 41.3 Å².